The second-order valence-electron chi connectivity index (χ2n) is 6.38. The predicted molar refractivity (Wildman–Crippen MR) is 118 cm³/mol. The number of pyridine rings is 1. The topological polar surface area (TPSA) is 73.3 Å². The molecule has 4 rings (SSSR count). The highest BCUT2D eigenvalue weighted by Crippen LogP contribution is 2.30. The van der Waals surface area contributed by atoms with E-state index in [2.05, 4.69) is 10.3 Å². The molecule has 2 aromatic heterocycles. The van der Waals surface area contributed by atoms with Crippen molar-refractivity contribution in [2.24, 2.45) is 0 Å². The van der Waals surface area contributed by atoms with Crippen LogP contribution in [0.2, 0.25) is 0 Å². The minimum atomic E-state index is -0.233. The second-order valence-corrected chi connectivity index (χ2v) is 7.24. The minimum Gasteiger partial charge on any atom is -0.493 e. The van der Waals surface area contributed by atoms with Gasteiger partial charge in [-0.1, -0.05) is 12.1 Å². The van der Waals surface area contributed by atoms with E-state index in [0.717, 1.165) is 21.8 Å². The van der Waals surface area contributed by atoms with Crippen LogP contribution >= 0.6 is 11.3 Å². The van der Waals surface area contributed by atoms with Crippen LogP contribution in [0.25, 0.3) is 21.8 Å². The van der Waals surface area contributed by atoms with Crippen LogP contribution in [0, 0.1) is 0 Å². The number of methoxy groups -OCH3 is 2. The van der Waals surface area contributed by atoms with Gasteiger partial charge in [0.1, 0.15) is 5.01 Å². The van der Waals surface area contributed by atoms with Gasteiger partial charge in [-0.3, -0.25) is 9.78 Å². The third kappa shape index (κ3) is 4.16. The number of carbonyl (C=O) groups is 1. The Hall–Kier alpha value is -3.71. The highest BCUT2D eigenvalue weighted by Gasteiger charge is 2.12. The molecule has 0 atom stereocenters. The molecule has 4 aromatic rings. The monoisotopic (exact) mass is 417 g/mol. The van der Waals surface area contributed by atoms with Crippen molar-refractivity contribution in [3.63, 3.8) is 0 Å². The fraction of sp³-hybridized carbons (Fsp3) is 0.0870. The number of nitrogens with one attached hydrogen (secondary N) is 1. The van der Waals surface area contributed by atoms with Crippen LogP contribution in [0.3, 0.4) is 0 Å². The van der Waals surface area contributed by atoms with Crippen molar-refractivity contribution >= 4 is 22.9 Å². The van der Waals surface area contributed by atoms with E-state index in [1.807, 2.05) is 41.8 Å². The molecule has 150 valence electrons. The Bertz CT molecular complexity index is 1180. The summed E-state index contributed by atoms with van der Waals surface area (Å²) < 4.78 is 10.5. The van der Waals surface area contributed by atoms with Gasteiger partial charge in [-0.25, -0.2) is 4.98 Å². The zero-order chi connectivity index (χ0) is 20.9. The molecule has 0 aliphatic carbocycles. The molecule has 1 amide bonds. The Morgan fingerprint density at radius 2 is 1.73 bits per heavy atom. The summed E-state index contributed by atoms with van der Waals surface area (Å²) >= 11 is 1.57. The number of thiazole rings is 1. The van der Waals surface area contributed by atoms with Gasteiger partial charge in [-0.15, -0.1) is 11.3 Å². The van der Waals surface area contributed by atoms with Gasteiger partial charge in [0.15, 0.2) is 11.5 Å². The number of ether oxygens (including phenoxy) is 2. The SMILES string of the molecule is COc1ccc(C(=O)Nc2cccc(-c3csc(-c4ccncc4)n3)c2)cc1OC. The van der Waals surface area contributed by atoms with Crippen LogP contribution in [0.1, 0.15) is 10.4 Å². The molecule has 0 bridgehead atoms. The lowest BCUT2D eigenvalue weighted by Gasteiger charge is -2.10. The first-order valence-corrected chi connectivity index (χ1v) is 10.1. The van der Waals surface area contributed by atoms with E-state index >= 15 is 0 Å². The van der Waals surface area contributed by atoms with Crippen molar-refractivity contribution in [2.75, 3.05) is 19.5 Å². The fourth-order valence-electron chi connectivity index (χ4n) is 2.97. The van der Waals surface area contributed by atoms with E-state index in [0.29, 0.717) is 22.7 Å². The third-order valence-electron chi connectivity index (χ3n) is 4.49. The molecule has 0 radical (unpaired) electrons. The maximum atomic E-state index is 12.7. The Kier molecular flexibility index (Phi) is 5.72. The Morgan fingerprint density at radius 3 is 2.50 bits per heavy atom. The molecule has 0 fully saturated rings. The van der Waals surface area contributed by atoms with E-state index in [4.69, 9.17) is 14.5 Å². The first-order valence-electron chi connectivity index (χ1n) is 9.17. The van der Waals surface area contributed by atoms with Gasteiger partial charge < -0.3 is 14.8 Å². The molecule has 2 aromatic carbocycles. The zero-order valence-electron chi connectivity index (χ0n) is 16.5. The first-order chi connectivity index (χ1) is 14.7. The molecule has 2 heterocycles. The summed E-state index contributed by atoms with van der Waals surface area (Å²) in [6, 6.07) is 16.5. The summed E-state index contributed by atoms with van der Waals surface area (Å²) in [6.45, 7) is 0. The summed E-state index contributed by atoms with van der Waals surface area (Å²) in [5.74, 6) is 0.846. The van der Waals surface area contributed by atoms with Crippen molar-refractivity contribution in [1.29, 1.82) is 0 Å². The van der Waals surface area contributed by atoms with E-state index < -0.39 is 0 Å². The normalized spacial score (nSPS) is 10.5. The maximum absolute atomic E-state index is 12.7. The zero-order valence-corrected chi connectivity index (χ0v) is 17.3. The number of amides is 1. The summed E-state index contributed by atoms with van der Waals surface area (Å²) in [5, 5.41) is 5.86. The van der Waals surface area contributed by atoms with Crippen LogP contribution in [0.4, 0.5) is 5.69 Å². The van der Waals surface area contributed by atoms with E-state index in [9.17, 15) is 4.79 Å². The Balaban J connectivity index is 1.54. The molecule has 0 saturated carbocycles. The molecular formula is C23H19N3O3S. The van der Waals surface area contributed by atoms with Crippen LogP contribution in [0.15, 0.2) is 72.4 Å². The van der Waals surface area contributed by atoms with Crippen molar-refractivity contribution in [3.8, 4) is 33.3 Å². The van der Waals surface area contributed by atoms with Crippen LogP contribution in [-0.2, 0) is 0 Å². The lowest BCUT2D eigenvalue weighted by molar-refractivity contribution is 0.102. The lowest BCUT2D eigenvalue weighted by Crippen LogP contribution is -2.12. The molecular weight excluding hydrogens is 398 g/mol. The molecule has 0 spiro atoms. The lowest BCUT2D eigenvalue weighted by atomic mass is 10.1. The number of rotatable bonds is 6. The molecule has 0 aliphatic rings. The molecule has 6 nitrogen and oxygen atoms in total. The number of nitrogens with zero attached hydrogens (tertiary/aromatic N) is 2. The fourth-order valence-corrected chi connectivity index (χ4v) is 3.81. The van der Waals surface area contributed by atoms with Gasteiger partial charge in [0, 0.05) is 40.2 Å². The number of aromatic nitrogens is 2. The predicted octanol–water partition coefficient (Wildman–Crippen LogP) is 5.14. The summed E-state index contributed by atoms with van der Waals surface area (Å²) in [7, 11) is 3.10. The molecule has 7 heteroatoms. The van der Waals surface area contributed by atoms with Crippen molar-refractivity contribution in [1.82, 2.24) is 9.97 Å². The van der Waals surface area contributed by atoms with Gasteiger partial charge in [0.25, 0.3) is 5.91 Å². The van der Waals surface area contributed by atoms with Gasteiger partial charge in [0.2, 0.25) is 0 Å². The largest absolute Gasteiger partial charge is 0.493 e. The maximum Gasteiger partial charge on any atom is 0.255 e. The summed E-state index contributed by atoms with van der Waals surface area (Å²) in [6.07, 6.45) is 3.50. The van der Waals surface area contributed by atoms with E-state index in [-0.39, 0.29) is 5.91 Å². The molecule has 0 saturated heterocycles. The number of anilines is 1. The summed E-state index contributed by atoms with van der Waals surface area (Å²) in [4.78, 5) is 21.5. The van der Waals surface area contributed by atoms with Crippen LogP contribution in [-0.4, -0.2) is 30.1 Å². The van der Waals surface area contributed by atoms with E-state index in [1.165, 1.54) is 7.11 Å². The number of hydrogen-bond donors (Lipinski definition) is 1. The van der Waals surface area contributed by atoms with Crippen LogP contribution < -0.4 is 14.8 Å². The van der Waals surface area contributed by atoms with Crippen molar-refractivity contribution in [2.45, 2.75) is 0 Å². The number of carbonyl (C=O) groups excluding carboxylic acids is 1. The van der Waals surface area contributed by atoms with Gasteiger partial charge in [-0.2, -0.15) is 0 Å². The molecule has 0 unspecified atom stereocenters. The van der Waals surface area contributed by atoms with Gasteiger partial charge >= 0.3 is 0 Å². The molecule has 30 heavy (non-hydrogen) atoms. The third-order valence-corrected chi connectivity index (χ3v) is 5.38. The van der Waals surface area contributed by atoms with Crippen molar-refractivity contribution in [3.05, 3.63) is 77.9 Å². The Labute approximate surface area is 178 Å². The van der Waals surface area contributed by atoms with Crippen LogP contribution in [0.5, 0.6) is 11.5 Å². The Morgan fingerprint density at radius 1 is 0.933 bits per heavy atom. The van der Waals surface area contributed by atoms with Gasteiger partial charge in [0.05, 0.1) is 19.9 Å². The first kappa shape index (κ1) is 19.6. The average Bonchev–Trinajstić information content (AvgIpc) is 3.30. The number of benzene rings is 2. The number of hydrogen-bond acceptors (Lipinski definition) is 6. The standard InChI is InChI=1S/C23H19N3O3S/c1-28-20-7-6-17(13-21(20)29-2)22(27)25-18-5-3-4-16(12-18)19-14-30-23(26-19)15-8-10-24-11-9-15/h3-14H,1-2H3,(H,25,27). The summed E-state index contributed by atoms with van der Waals surface area (Å²) in [5.41, 5.74) is 3.97. The van der Waals surface area contributed by atoms with Gasteiger partial charge in [-0.05, 0) is 42.5 Å². The highest BCUT2D eigenvalue weighted by atomic mass is 32.1. The highest BCUT2D eigenvalue weighted by molar-refractivity contribution is 7.13. The minimum absolute atomic E-state index is 0.233. The van der Waals surface area contributed by atoms with Crippen molar-refractivity contribution < 1.29 is 14.3 Å². The second kappa shape index (κ2) is 8.75. The smallest absolute Gasteiger partial charge is 0.255 e. The quantitative estimate of drug-likeness (QED) is 0.470. The van der Waals surface area contributed by atoms with E-state index in [1.54, 1.807) is 49.0 Å². The molecule has 1 N–H and O–H groups in total. The molecule has 0 aliphatic heterocycles. The average molecular weight is 417 g/mol.